The van der Waals surface area contributed by atoms with Gasteiger partial charge in [-0.25, -0.2) is 4.79 Å². The summed E-state index contributed by atoms with van der Waals surface area (Å²) in [5.74, 6) is -0.677. The quantitative estimate of drug-likeness (QED) is 0.483. The summed E-state index contributed by atoms with van der Waals surface area (Å²) in [6.45, 7) is 5.07. The summed E-state index contributed by atoms with van der Waals surface area (Å²) in [4.78, 5) is 36.0. The minimum atomic E-state index is -0.768. The summed E-state index contributed by atoms with van der Waals surface area (Å²) in [5.41, 5.74) is 1.21. The Balaban J connectivity index is 2.35. The number of rotatable bonds is 4. The molecule has 0 N–H and O–H groups in total. The van der Waals surface area contributed by atoms with Crippen molar-refractivity contribution in [2.45, 2.75) is 45.8 Å². The monoisotopic (exact) mass is 306 g/mol. The van der Waals surface area contributed by atoms with Crippen LogP contribution in [0.25, 0.3) is 0 Å². The highest BCUT2D eigenvalue weighted by Gasteiger charge is 2.33. The Labute approximate surface area is 128 Å². The van der Waals surface area contributed by atoms with Crippen molar-refractivity contribution in [3.05, 3.63) is 33.9 Å². The van der Waals surface area contributed by atoms with E-state index in [0.717, 1.165) is 0 Å². The Hall–Kier alpha value is -2.44. The van der Waals surface area contributed by atoms with Crippen molar-refractivity contribution in [1.29, 1.82) is 0 Å². The molecule has 7 nitrogen and oxygen atoms in total. The van der Waals surface area contributed by atoms with E-state index >= 15 is 0 Å². The number of hydrogen-bond acceptors (Lipinski definition) is 5. The van der Waals surface area contributed by atoms with Gasteiger partial charge in [0.2, 0.25) is 5.91 Å². The number of nitrogens with zero attached hydrogens (tertiary/aromatic N) is 2. The third-order valence-electron chi connectivity index (χ3n) is 3.49. The van der Waals surface area contributed by atoms with Crippen molar-refractivity contribution in [3.63, 3.8) is 0 Å². The van der Waals surface area contributed by atoms with Crippen LogP contribution >= 0.6 is 0 Å². The first-order chi connectivity index (χ1) is 10.3. The standard InChI is InChI=1S/C15H18N2O5/c1-9(2)22-15(19)10(3)16-13-6-5-12(17(20)21)8-11(13)4-7-14(16)18/h5-6,8-10H,4,7H2,1-3H3. The normalized spacial score (nSPS) is 15.5. The van der Waals surface area contributed by atoms with Gasteiger partial charge in [0.15, 0.2) is 0 Å². The maximum Gasteiger partial charge on any atom is 0.329 e. The zero-order valence-electron chi connectivity index (χ0n) is 12.7. The third-order valence-corrected chi connectivity index (χ3v) is 3.49. The largest absolute Gasteiger partial charge is 0.461 e. The molecule has 1 aromatic carbocycles. The van der Waals surface area contributed by atoms with E-state index in [1.165, 1.54) is 23.1 Å². The summed E-state index contributed by atoms with van der Waals surface area (Å²) < 4.78 is 5.15. The number of amides is 1. The first-order valence-corrected chi connectivity index (χ1v) is 7.11. The van der Waals surface area contributed by atoms with E-state index in [9.17, 15) is 19.7 Å². The fourth-order valence-electron chi connectivity index (χ4n) is 2.48. The molecule has 1 aromatic rings. The first kappa shape index (κ1) is 15.9. The molecule has 0 spiro atoms. The van der Waals surface area contributed by atoms with E-state index in [1.54, 1.807) is 20.8 Å². The van der Waals surface area contributed by atoms with Gasteiger partial charge in [-0.15, -0.1) is 0 Å². The summed E-state index contributed by atoms with van der Waals surface area (Å²) in [6.07, 6.45) is 0.373. The first-order valence-electron chi connectivity index (χ1n) is 7.11. The third kappa shape index (κ3) is 3.08. The molecule has 0 saturated heterocycles. The number of fused-ring (bicyclic) bond motifs is 1. The lowest BCUT2D eigenvalue weighted by Crippen LogP contribution is -2.47. The lowest BCUT2D eigenvalue weighted by molar-refractivity contribution is -0.384. The van der Waals surface area contributed by atoms with Gasteiger partial charge in [0, 0.05) is 24.2 Å². The molecule has 0 aromatic heterocycles. The molecule has 1 aliphatic heterocycles. The Morgan fingerprint density at radius 1 is 1.32 bits per heavy atom. The molecule has 0 bridgehead atoms. The van der Waals surface area contributed by atoms with Crippen LogP contribution < -0.4 is 4.90 Å². The van der Waals surface area contributed by atoms with Gasteiger partial charge < -0.3 is 4.74 Å². The van der Waals surface area contributed by atoms with E-state index in [0.29, 0.717) is 17.7 Å². The van der Waals surface area contributed by atoms with Crippen LogP contribution in [0.1, 0.15) is 32.8 Å². The molecule has 1 amide bonds. The molecule has 7 heteroatoms. The Bertz CT molecular complexity index is 626. The Morgan fingerprint density at radius 3 is 2.59 bits per heavy atom. The van der Waals surface area contributed by atoms with E-state index in [4.69, 9.17) is 4.74 Å². The highest BCUT2D eigenvalue weighted by Crippen LogP contribution is 2.32. The number of aryl methyl sites for hydroxylation is 1. The van der Waals surface area contributed by atoms with Gasteiger partial charge in [0.1, 0.15) is 6.04 Å². The maximum absolute atomic E-state index is 12.2. The minimum Gasteiger partial charge on any atom is -0.461 e. The van der Waals surface area contributed by atoms with Crippen molar-refractivity contribution in [2.24, 2.45) is 0 Å². The molecule has 0 saturated carbocycles. The molecule has 0 aliphatic carbocycles. The number of carbonyl (C=O) groups is 2. The van der Waals surface area contributed by atoms with Crippen LogP contribution in [0, 0.1) is 10.1 Å². The fourth-order valence-corrected chi connectivity index (χ4v) is 2.48. The second-order valence-corrected chi connectivity index (χ2v) is 5.50. The zero-order valence-corrected chi connectivity index (χ0v) is 12.7. The molecule has 22 heavy (non-hydrogen) atoms. The summed E-state index contributed by atoms with van der Waals surface area (Å²) >= 11 is 0. The number of benzene rings is 1. The van der Waals surface area contributed by atoms with E-state index in [1.807, 2.05) is 0 Å². The minimum absolute atomic E-state index is 0.0227. The summed E-state index contributed by atoms with van der Waals surface area (Å²) in [5, 5.41) is 10.8. The predicted molar refractivity (Wildman–Crippen MR) is 79.6 cm³/mol. The van der Waals surface area contributed by atoms with Gasteiger partial charge >= 0.3 is 5.97 Å². The lowest BCUT2D eigenvalue weighted by atomic mass is 9.99. The topological polar surface area (TPSA) is 89.8 Å². The van der Waals surface area contributed by atoms with Gasteiger partial charge in [-0.3, -0.25) is 19.8 Å². The number of esters is 1. The summed E-state index contributed by atoms with van der Waals surface area (Å²) in [7, 11) is 0. The number of non-ortho nitro benzene ring substituents is 1. The van der Waals surface area contributed by atoms with Gasteiger partial charge in [-0.1, -0.05) is 0 Å². The van der Waals surface area contributed by atoms with Crippen molar-refractivity contribution in [2.75, 3.05) is 4.90 Å². The van der Waals surface area contributed by atoms with Crippen LogP contribution in [-0.2, 0) is 20.7 Å². The Morgan fingerprint density at radius 2 is 2.00 bits per heavy atom. The number of nitro benzene ring substituents is 1. The number of carbonyl (C=O) groups excluding carboxylic acids is 2. The van der Waals surface area contributed by atoms with Gasteiger partial charge in [-0.2, -0.15) is 0 Å². The van der Waals surface area contributed by atoms with Crippen LogP contribution in [-0.4, -0.2) is 28.9 Å². The molecular formula is C15H18N2O5. The number of nitro groups is 1. The lowest BCUT2D eigenvalue weighted by Gasteiger charge is -2.33. The van der Waals surface area contributed by atoms with Crippen LogP contribution in [0.4, 0.5) is 11.4 Å². The molecule has 1 unspecified atom stereocenters. The fraction of sp³-hybridized carbons (Fsp3) is 0.467. The van der Waals surface area contributed by atoms with Crippen molar-refractivity contribution >= 4 is 23.3 Å². The average molecular weight is 306 g/mol. The summed E-state index contributed by atoms with van der Waals surface area (Å²) in [6, 6.07) is 3.54. The molecule has 0 radical (unpaired) electrons. The van der Waals surface area contributed by atoms with E-state index in [2.05, 4.69) is 0 Å². The van der Waals surface area contributed by atoms with Crippen molar-refractivity contribution in [1.82, 2.24) is 0 Å². The SMILES string of the molecule is CC(C)OC(=O)C(C)N1C(=O)CCc2cc([N+](=O)[O-])ccc21. The predicted octanol–water partition coefficient (Wildman–Crippen LogP) is 2.21. The second-order valence-electron chi connectivity index (χ2n) is 5.50. The smallest absolute Gasteiger partial charge is 0.329 e. The zero-order chi connectivity index (χ0) is 16.4. The molecule has 1 heterocycles. The average Bonchev–Trinajstić information content (AvgIpc) is 2.45. The molecular weight excluding hydrogens is 288 g/mol. The number of ether oxygens (including phenoxy) is 1. The van der Waals surface area contributed by atoms with Crippen molar-refractivity contribution < 1.29 is 19.2 Å². The van der Waals surface area contributed by atoms with Crippen LogP contribution in [0.3, 0.4) is 0 Å². The van der Waals surface area contributed by atoms with E-state index < -0.39 is 16.9 Å². The number of hydrogen-bond donors (Lipinski definition) is 0. The van der Waals surface area contributed by atoms with Gasteiger partial charge in [-0.05, 0) is 38.8 Å². The van der Waals surface area contributed by atoms with E-state index in [-0.39, 0.29) is 24.1 Å². The van der Waals surface area contributed by atoms with Crippen LogP contribution in [0.5, 0.6) is 0 Å². The molecule has 1 atom stereocenters. The molecule has 2 rings (SSSR count). The highest BCUT2D eigenvalue weighted by molar-refractivity contribution is 6.01. The van der Waals surface area contributed by atoms with Crippen LogP contribution in [0.2, 0.25) is 0 Å². The highest BCUT2D eigenvalue weighted by atomic mass is 16.6. The molecule has 118 valence electrons. The van der Waals surface area contributed by atoms with Crippen LogP contribution in [0.15, 0.2) is 18.2 Å². The van der Waals surface area contributed by atoms with Crippen molar-refractivity contribution in [3.8, 4) is 0 Å². The van der Waals surface area contributed by atoms with Gasteiger partial charge in [0.05, 0.1) is 11.0 Å². The molecule has 0 fully saturated rings. The second kappa shape index (κ2) is 6.13. The Kier molecular flexibility index (Phi) is 4.44. The molecule has 1 aliphatic rings. The van der Waals surface area contributed by atoms with Gasteiger partial charge in [0.25, 0.3) is 5.69 Å². The number of anilines is 1. The maximum atomic E-state index is 12.2.